The van der Waals surface area contributed by atoms with Crippen LogP contribution in [0.2, 0.25) is 0 Å². The molecule has 0 aliphatic carbocycles. The minimum Gasteiger partial charge on any atom is -0.461 e. The molecular weight excluding hydrogens is 218 g/mol. The van der Waals surface area contributed by atoms with E-state index in [1.165, 1.54) is 0 Å². The SMILES string of the molecule is Cc1ccc(-c2cnc(N(C)CCO)nc2)o1. The van der Waals surface area contributed by atoms with E-state index in [1.807, 2.05) is 26.1 Å². The highest BCUT2D eigenvalue weighted by atomic mass is 16.3. The number of aromatic nitrogens is 2. The summed E-state index contributed by atoms with van der Waals surface area (Å²) in [5.41, 5.74) is 0.847. The third kappa shape index (κ3) is 2.62. The molecule has 0 aromatic carbocycles. The second-order valence-electron chi connectivity index (χ2n) is 3.83. The van der Waals surface area contributed by atoms with E-state index >= 15 is 0 Å². The van der Waals surface area contributed by atoms with E-state index in [0.717, 1.165) is 17.1 Å². The maximum atomic E-state index is 8.82. The summed E-state index contributed by atoms with van der Waals surface area (Å²) in [6.07, 6.45) is 3.43. The zero-order valence-corrected chi connectivity index (χ0v) is 9.92. The lowest BCUT2D eigenvalue weighted by molar-refractivity contribution is 0.303. The molecule has 0 saturated heterocycles. The molecule has 0 fully saturated rings. The summed E-state index contributed by atoms with van der Waals surface area (Å²) < 4.78 is 5.48. The van der Waals surface area contributed by atoms with Gasteiger partial charge in [0.1, 0.15) is 11.5 Å². The molecule has 0 saturated carbocycles. The van der Waals surface area contributed by atoms with Crippen LogP contribution in [0.3, 0.4) is 0 Å². The first-order valence-electron chi connectivity index (χ1n) is 5.41. The lowest BCUT2D eigenvalue weighted by Gasteiger charge is -2.14. The van der Waals surface area contributed by atoms with Crippen molar-refractivity contribution in [1.82, 2.24) is 9.97 Å². The van der Waals surface area contributed by atoms with Crippen molar-refractivity contribution < 1.29 is 9.52 Å². The van der Waals surface area contributed by atoms with Crippen molar-refractivity contribution in [3.05, 3.63) is 30.3 Å². The van der Waals surface area contributed by atoms with Gasteiger partial charge in [-0.05, 0) is 19.1 Å². The molecule has 5 nitrogen and oxygen atoms in total. The van der Waals surface area contributed by atoms with Gasteiger partial charge in [0.2, 0.25) is 5.95 Å². The summed E-state index contributed by atoms with van der Waals surface area (Å²) in [5, 5.41) is 8.82. The van der Waals surface area contributed by atoms with E-state index in [1.54, 1.807) is 17.3 Å². The summed E-state index contributed by atoms with van der Waals surface area (Å²) >= 11 is 0. The molecule has 0 amide bonds. The number of anilines is 1. The van der Waals surface area contributed by atoms with Gasteiger partial charge in [0.05, 0.1) is 12.2 Å². The summed E-state index contributed by atoms with van der Waals surface area (Å²) in [6, 6.07) is 3.80. The molecule has 0 aliphatic heterocycles. The highest BCUT2D eigenvalue weighted by Crippen LogP contribution is 2.20. The minimum absolute atomic E-state index is 0.0823. The van der Waals surface area contributed by atoms with Crippen molar-refractivity contribution in [2.45, 2.75) is 6.92 Å². The quantitative estimate of drug-likeness (QED) is 0.866. The van der Waals surface area contributed by atoms with Gasteiger partial charge in [-0.1, -0.05) is 0 Å². The molecule has 0 atom stereocenters. The Kier molecular flexibility index (Phi) is 3.39. The Bertz CT molecular complexity index is 479. The Balaban J connectivity index is 2.18. The number of hydrogen-bond acceptors (Lipinski definition) is 5. The van der Waals surface area contributed by atoms with Crippen LogP contribution in [-0.2, 0) is 0 Å². The Morgan fingerprint density at radius 1 is 1.29 bits per heavy atom. The molecule has 17 heavy (non-hydrogen) atoms. The number of aryl methyl sites for hydroxylation is 1. The second-order valence-corrected chi connectivity index (χ2v) is 3.83. The maximum Gasteiger partial charge on any atom is 0.225 e. The van der Waals surface area contributed by atoms with Crippen LogP contribution in [0.25, 0.3) is 11.3 Å². The van der Waals surface area contributed by atoms with Gasteiger partial charge in [-0.3, -0.25) is 0 Å². The predicted octanol–water partition coefficient (Wildman–Crippen LogP) is 1.47. The molecule has 0 radical (unpaired) electrons. The van der Waals surface area contributed by atoms with Gasteiger partial charge in [0.15, 0.2) is 0 Å². The largest absolute Gasteiger partial charge is 0.461 e. The van der Waals surface area contributed by atoms with Gasteiger partial charge >= 0.3 is 0 Å². The number of likely N-dealkylation sites (N-methyl/N-ethyl adjacent to an activating group) is 1. The van der Waals surface area contributed by atoms with Crippen LogP contribution in [0.5, 0.6) is 0 Å². The van der Waals surface area contributed by atoms with Gasteiger partial charge in [0.25, 0.3) is 0 Å². The summed E-state index contributed by atoms with van der Waals surface area (Å²) in [4.78, 5) is 10.2. The van der Waals surface area contributed by atoms with Crippen molar-refractivity contribution in [2.75, 3.05) is 25.1 Å². The number of nitrogens with zero attached hydrogens (tertiary/aromatic N) is 3. The predicted molar refractivity (Wildman–Crippen MR) is 64.8 cm³/mol. The van der Waals surface area contributed by atoms with E-state index < -0.39 is 0 Å². The van der Waals surface area contributed by atoms with Crippen LogP contribution in [0, 0.1) is 6.92 Å². The molecular formula is C12H15N3O2. The molecule has 2 aromatic rings. The molecule has 2 heterocycles. The molecule has 2 aromatic heterocycles. The molecule has 0 aliphatic rings. The van der Waals surface area contributed by atoms with Crippen LogP contribution in [0.4, 0.5) is 5.95 Å². The second kappa shape index (κ2) is 4.97. The summed E-state index contributed by atoms with van der Waals surface area (Å²) in [7, 11) is 1.84. The monoisotopic (exact) mass is 233 g/mol. The third-order valence-electron chi connectivity index (χ3n) is 2.44. The molecule has 1 N–H and O–H groups in total. The summed E-state index contributed by atoms with van der Waals surface area (Å²) in [6.45, 7) is 2.49. The van der Waals surface area contributed by atoms with E-state index in [0.29, 0.717) is 12.5 Å². The van der Waals surface area contributed by atoms with Crippen molar-refractivity contribution in [2.24, 2.45) is 0 Å². The van der Waals surface area contributed by atoms with Crippen molar-refractivity contribution >= 4 is 5.95 Å². The lowest BCUT2D eigenvalue weighted by Crippen LogP contribution is -2.23. The van der Waals surface area contributed by atoms with Crippen molar-refractivity contribution in [1.29, 1.82) is 0 Å². The van der Waals surface area contributed by atoms with E-state index in [2.05, 4.69) is 9.97 Å². The summed E-state index contributed by atoms with van der Waals surface area (Å²) in [5.74, 6) is 2.21. The Morgan fingerprint density at radius 2 is 2.00 bits per heavy atom. The Morgan fingerprint density at radius 3 is 2.53 bits per heavy atom. The fourth-order valence-corrected chi connectivity index (χ4v) is 1.49. The van der Waals surface area contributed by atoms with E-state index in [-0.39, 0.29) is 6.61 Å². The average Bonchev–Trinajstić information content (AvgIpc) is 2.76. The van der Waals surface area contributed by atoms with E-state index in [9.17, 15) is 0 Å². The number of furan rings is 1. The van der Waals surface area contributed by atoms with Gasteiger partial charge in [-0.2, -0.15) is 0 Å². The van der Waals surface area contributed by atoms with Gasteiger partial charge in [0, 0.05) is 26.0 Å². The topological polar surface area (TPSA) is 62.4 Å². The number of aliphatic hydroxyl groups excluding tert-OH is 1. The average molecular weight is 233 g/mol. The fourth-order valence-electron chi connectivity index (χ4n) is 1.49. The molecule has 90 valence electrons. The van der Waals surface area contributed by atoms with Gasteiger partial charge < -0.3 is 14.4 Å². The zero-order valence-electron chi connectivity index (χ0n) is 9.92. The van der Waals surface area contributed by atoms with Gasteiger partial charge in [-0.15, -0.1) is 0 Å². The molecule has 2 rings (SSSR count). The standard InChI is InChI=1S/C12H15N3O2/c1-9-3-4-11(17-9)10-7-13-12(14-8-10)15(2)5-6-16/h3-4,7-8,16H,5-6H2,1-2H3. The molecule has 0 spiro atoms. The first kappa shape index (κ1) is 11.6. The zero-order chi connectivity index (χ0) is 12.3. The molecule has 0 bridgehead atoms. The number of rotatable bonds is 4. The van der Waals surface area contributed by atoms with E-state index in [4.69, 9.17) is 9.52 Å². The molecule has 0 unspecified atom stereocenters. The van der Waals surface area contributed by atoms with Crippen LogP contribution in [0.15, 0.2) is 28.9 Å². The Hall–Kier alpha value is -1.88. The highest BCUT2D eigenvalue weighted by Gasteiger charge is 2.06. The van der Waals surface area contributed by atoms with Crippen LogP contribution in [0.1, 0.15) is 5.76 Å². The van der Waals surface area contributed by atoms with Crippen molar-refractivity contribution in [3.63, 3.8) is 0 Å². The number of hydrogen-bond donors (Lipinski definition) is 1. The Labute approximate surface area is 99.7 Å². The van der Waals surface area contributed by atoms with Crippen LogP contribution in [-0.4, -0.2) is 35.3 Å². The fraction of sp³-hybridized carbons (Fsp3) is 0.333. The van der Waals surface area contributed by atoms with Crippen LogP contribution < -0.4 is 4.90 Å². The lowest BCUT2D eigenvalue weighted by atomic mass is 10.3. The smallest absolute Gasteiger partial charge is 0.225 e. The molecule has 5 heteroatoms. The maximum absolute atomic E-state index is 8.82. The minimum atomic E-state index is 0.0823. The first-order chi connectivity index (χ1) is 8.20. The normalized spacial score (nSPS) is 10.5. The highest BCUT2D eigenvalue weighted by molar-refractivity contribution is 5.55. The number of aliphatic hydroxyl groups is 1. The van der Waals surface area contributed by atoms with Crippen LogP contribution >= 0.6 is 0 Å². The van der Waals surface area contributed by atoms with Gasteiger partial charge in [-0.25, -0.2) is 9.97 Å². The first-order valence-corrected chi connectivity index (χ1v) is 5.41. The van der Waals surface area contributed by atoms with Crippen molar-refractivity contribution in [3.8, 4) is 11.3 Å². The third-order valence-corrected chi connectivity index (χ3v) is 2.44.